The van der Waals surface area contributed by atoms with Gasteiger partial charge in [0.1, 0.15) is 0 Å². The lowest BCUT2D eigenvalue weighted by atomic mass is 10.2. The maximum Gasteiger partial charge on any atom is 0.208 e. The molecule has 1 aromatic carbocycles. The van der Waals surface area contributed by atoms with Crippen molar-refractivity contribution in [1.82, 2.24) is 10.3 Å². The second kappa shape index (κ2) is 3.96. The number of sulfone groups is 1. The smallest absolute Gasteiger partial charge is 0.208 e. The predicted octanol–water partition coefficient (Wildman–Crippen LogP) is 2.10. The van der Waals surface area contributed by atoms with Crippen LogP contribution in [-0.2, 0) is 9.84 Å². The first kappa shape index (κ1) is 11.0. The largest absolute Gasteiger partial charge is 0.262 e. The molecule has 0 fully saturated rings. The van der Waals surface area contributed by atoms with E-state index in [4.69, 9.17) is 0 Å². The summed E-state index contributed by atoms with van der Waals surface area (Å²) in [5.41, 5.74) is 1.20. The van der Waals surface area contributed by atoms with Crippen molar-refractivity contribution in [3.63, 3.8) is 0 Å². The van der Waals surface area contributed by atoms with Gasteiger partial charge in [-0.1, -0.05) is 18.2 Å². The normalized spacial score (nSPS) is 13.7. The fraction of sp³-hybridized carbons (Fsp3) is 0. The van der Waals surface area contributed by atoms with Crippen LogP contribution in [0.25, 0.3) is 4.91 Å². The third-order valence-corrected chi connectivity index (χ3v) is 4.53. The molecule has 1 aromatic heterocycles. The molecule has 3 rings (SSSR count). The Morgan fingerprint density at radius 2 is 1.78 bits per heavy atom. The second-order valence-electron chi connectivity index (χ2n) is 3.83. The third-order valence-electron chi connectivity index (χ3n) is 2.73. The van der Waals surface area contributed by atoms with Gasteiger partial charge in [0, 0.05) is 18.0 Å². The number of hydrogen-bond acceptors (Lipinski definition) is 3. The van der Waals surface area contributed by atoms with Crippen LogP contribution in [0.2, 0.25) is 0 Å². The average molecular weight is 257 g/mol. The number of aromatic nitrogens is 1. The number of benzene rings is 1. The van der Waals surface area contributed by atoms with Crippen LogP contribution in [0.3, 0.4) is 0 Å². The lowest BCUT2D eigenvalue weighted by molar-refractivity contribution is 0.606. The Hall–Kier alpha value is -2.14. The highest BCUT2D eigenvalue weighted by Crippen LogP contribution is 2.35. The molecule has 1 aliphatic heterocycles. The van der Waals surface area contributed by atoms with E-state index >= 15 is 0 Å². The van der Waals surface area contributed by atoms with Gasteiger partial charge in [0.05, 0.1) is 21.7 Å². The minimum atomic E-state index is -3.51. The summed E-state index contributed by atoms with van der Waals surface area (Å²) in [7, 11) is -3.51. The maximum absolute atomic E-state index is 12.4. The molecule has 0 saturated carbocycles. The van der Waals surface area contributed by atoms with Gasteiger partial charge >= 0.3 is 0 Å². The number of hydrogen-bond donors (Lipinski definition) is 0. The van der Waals surface area contributed by atoms with Crippen molar-refractivity contribution < 1.29 is 8.42 Å². The van der Waals surface area contributed by atoms with Gasteiger partial charge in [-0.05, 0) is 18.2 Å². The van der Waals surface area contributed by atoms with Crippen LogP contribution in [0.15, 0.2) is 59.9 Å². The quantitative estimate of drug-likeness (QED) is 0.827. The molecule has 4 nitrogen and oxygen atoms in total. The van der Waals surface area contributed by atoms with Crippen LogP contribution >= 0.6 is 0 Å². The van der Waals surface area contributed by atoms with Gasteiger partial charge in [-0.2, -0.15) is 0 Å². The van der Waals surface area contributed by atoms with Gasteiger partial charge in [-0.25, -0.2) is 8.42 Å². The maximum atomic E-state index is 12.4. The number of nitrogens with zero attached hydrogens (tertiary/aromatic N) is 2. The van der Waals surface area contributed by atoms with Crippen LogP contribution in [-0.4, -0.2) is 13.4 Å². The zero-order valence-electron chi connectivity index (χ0n) is 9.32. The first-order valence-electron chi connectivity index (χ1n) is 5.35. The van der Waals surface area contributed by atoms with E-state index < -0.39 is 9.84 Å². The second-order valence-corrected chi connectivity index (χ2v) is 5.75. The van der Waals surface area contributed by atoms with Crippen LogP contribution in [0.1, 0.15) is 5.56 Å². The molecule has 0 bridgehead atoms. The molecule has 18 heavy (non-hydrogen) atoms. The summed E-state index contributed by atoms with van der Waals surface area (Å²) in [4.78, 5) is 4.43. The molecule has 0 unspecified atom stereocenters. The summed E-state index contributed by atoms with van der Waals surface area (Å²) in [5, 5.41) is 4.07. The molecule has 0 N–H and O–H groups in total. The summed E-state index contributed by atoms with van der Waals surface area (Å²) in [6, 6.07) is 10.0. The Bertz CT molecular complexity index is 722. The van der Waals surface area contributed by atoms with E-state index in [1.807, 2.05) is 0 Å². The van der Waals surface area contributed by atoms with Crippen molar-refractivity contribution in [2.75, 3.05) is 0 Å². The van der Waals surface area contributed by atoms with Crippen LogP contribution < -0.4 is 5.32 Å². The van der Waals surface area contributed by atoms with E-state index in [1.165, 1.54) is 6.20 Å². The van der Waals surface area contributed by atoms with E-state index in [9.17, 15) is 8.42 Å². The Kier molecular flexibility index (Phi) is 2.41. The molecule has 0 aliphatic carbocycles. The molecular weight excluding hydrogens is 248 g/mol. The Labute approximate surface area is 105 Å². The number of pyridine rings is 1. The third kappa shape index (κ3) is 1.60. The Morgan fingerprint density at radius 3 is 2.56 bits per heavy atom. The molecule has 2 heterocycles. The molecular formula is C13H9N2O2S. The standard InChI is InChI=1S/C13H9N2O2S/c16-18(17,10-4-2-1-3-5-10)13-9-15-12-8-14-7-6-11(12)13/h1-9H. The van der Waals surface area contributed by atoms with Crippen molar-refractivity contribution in [1.29, 1.82) is 0 Å². The zero-order valence-corrected chi connectivity index (χ0v) is 10.1. The fourth-order valence-corrected chi connectivity index (χ4v) is 3.26. The summed E-state index contributed by atoms with van der Waals surface area (Å²) >= 11 is 0. The highest BCUT2D eigenvalue weighted by Gasteiger charge is 2.28. The molecule has 0 amide bonds. The van der Waals surface area contributed by atoms with Crippen molar-refractivity contribution in [3.05, 3.63) is 60.6 Å². The molecule has 0 spiro atoms. The van der Waals surface area contributed by atoms with Gasteiger partial charge in [-0.15, -0.1) is 0 Å². The topological polar surface area (TPSA) is 61.1 Å². The van der Waals surface area contributed by atoms with Crippen LogP contribution in [0.5, 0.6) is 0 Å². The van der Waals surface area contributed by atoms with Crippen molar-refractivity contribution in [2.24, 2.45) is 0 Å². The molecule has 1 aliphatic rings. The van der Waals surface area contributed by atoms with Crippen molar-refractivity contribution in [3.8, 4) is 0 Å². The fourth-order valence-electron chi connectivity index (χ4n) is 1.84. The summed E-state index contributed by atoms with van der Waals surface area (Å²) in [6.07, 6.45) is 4.50. The summed E-state index contributed by atoms with van der Waals surface area (Å²) in [6.45, 7) is 0. The predicted molar refractivity (Wildman–Crippen MR) is 67.6 cm³/mol. The van der Waals surface area contributed by atoms with E-state index in [1.54, 1.807) is 48.8 Å². The average Bonchev–Trinajstić information content (AvgIpc) is 2.84. The highest BCUT2D eigenvalue weighted by molar-refractivity contribution is 8.00. The van der Waals surface area contributed by atoms with Gasteiger partial charge in [-0.3, -0.25) is 10.3 Å². The van der Waals surface area contributed by atoms with Crippen LogP contribution in [0, 0.1) is 0 Å². The van der Waals surface area contributed by atoms with E-state index in [2.05, 4.69) is 10.3 Å². The first-order chi connectivity index (χ1) is 8.69. The number of fused-ring (bicyclic) bond motifs is 1. The highest BCUT2D eigenvalue weighted by atomic mass is 32.2. The minimum Gasteiger partial charge on any atom is -0.262 e. The van der Waals surface area contributed by atoms with Gasteiger partial charge in [0.15, 0.2) is 0 Å². The monoisotopic (exact) mass is 257 g/mol. The first-order valence-corrected chi connectivity index (χ1v) is 6.83. The lowest BCUT2D eigenvalue weighted by Crippen LogP contribution is -2.02. The van der Waals surface area contributed by atoms with Crippen LogP contribution in [0.4, 0.5) is 5.69 Å². The van der Waals surface area contributed by atoms with E-state index in [-0.39, 0.29) is 9.80 Å². The Morgan fingerprint density at radius 1 is 1.00 bits per heavy atom. The molecule has 0 atom stereocenters. The van der Waals surface area contributed by atoms with Gasteiger partial charge < -0.3 is 0 Å². The van der Waals surface area contributed by atoms with E-state index in [0.29, 0.717) is 11.3 Å². The summed E-state index contributed by atoms with van der Waals surface area (Å²) < 4.78 is 24.9. The van der Waals surface area contributed by atoms with Crippen molar-refractivity contribution in [2.45, 2.75) is 4.90 Å². The molecule has 0 saturated heterocycles. The molecule has 2 aromatic rings. The molecule has 1 radical (unpaired) electrons. The van der Waals surface area contributed by atoms with Crippen molar-refractivity contribution >= 4 is 20.4 Å². The van der Waals surface area contributed by atoms with Gasteiger partial charge in [0.2, 0.25) is 9.84 Å². The molecule has 5 heteroatoms. The lowest BCUT2D eigenvalue weighted by Gasteiger charge is -2.05. The zero-order chi connectivity index (χ0) is 12.6. The molecule has 89 valence electrons. The summed E-state index contributed by atoms with van der Waals surface area (Å²) in [5.74, 6) is 0. The minimum absolute atomic E-state index is 0.228. The SMILES string of the molecule is O=S(=O)(C1=C[N]c2cnccc21)c1ccccc1. The Balaban J connectivity index is 2.14. The number of rotatable bonds is 2. The van der Waals surface area contributed by atoms with E-state index in [0.717, 1.165) is 0 Å². The van der Waals surface area contributed by atoms with Gasteiger partial charge in [0.25, 0.3) is 0 Å².